The third-order valence-electron chi connectivity index (χ3n) is 2.25. The highest BCUT2D eigenvalue weighted by molar-refractivity contribution is 7.99. The molecule has 3 nitrogen and oxygen atoms in total. The average molecular weight is 256 g/mol. The molecule has 0 heterocycles. The molecule has 2 N–H and O–H groups in total. The fraction of sp³-hybridized carbons (Fsp3) is 0.538. The second-order valence-electron chi connectivity index (χ2n) is 3.98. The van der Waals surface area contributed by atoms with Crippen LogP contribution in [0.4, 0.5) is 0 Å². The van der Waals surface area contributed by atoms with Gasteiger partial charge in [0.2, 0.25) is 0 Å². The van der Waals surface area contributed by atoms with E-state index in [0.29, 0.717) is 19.0 Å². The van der Waals surface area contributed by atoms with E-state index >= 15 is 0 Å². The topological polar surface area (TPSA) is 49.7 Å². The maximum atomic E-state index is 9.64. The van der Waals surface area contributed by atoms with E-state index in [0.717, 1.165) is 5.56 Å². The molecule has 0 aliphatic carbocycles. The molecule has 0 fully saturated rings. The van der Waals surface area contributed by atoms with Crippen LogP contribution in [0.2, 0.25) is 0 Å². The van der Waals surface area contributed by atoms with E-state index in [1.54, 1.807) is 11.8 Å². The Kier molecular flexibility index (Phi) is 7.28. The zero-order valence-corrected chi connectivity index (χ0v) is 10.9. The Balaban J connectivity index is 2.10. The van der Waals surface area contributed by atoms with E-state index in [-0.39, 0.29) is 11.9 Å². The number of rotatable bonds is 8. The van der Waals surface area contributed by atoms with Crippen molar-refractivity contribution in [1.29, 1.82) is 0 Å². The van der Waals surface area contributed by atoms with E-state index in [1.807, 2.05) is 37.3 Å². The molecule has 0 aromatic heterocycles. The summed E-state index contributed by atoms with van der Waals surface area (Å²) in [5.41, 5.74) is 1.11. The van der Waals surface area contributed by atoms with Gasteiger partial charge in [-0.1, -0.05) is 37.3 Å². The Morgan fingerprint density at radius 1 is 1.29 bits per heavy atom. The number of benzene rings is 1. The Bertz CT molecular complexity index is 292. The van der Waals surface area contributed by atoms with Gasteiger partial charge in [0.25, 0.3) is 0 Å². The van der Waals surface area contributed by atoms with Crippen LogP contribution in [-0.2, 0) is 11.3 Å². The summed E-state index contributed by atoms with van der Waals surface area (Å²) in [4.78, 5) is 0. The maximum absolute atomic E-state index is 9.64. The number of hydrogen-bond acceptors (Lipinski definition) is 4. The van der Waals surface area contributed by atoms with Gasteiger partial charge < -0.3 is 14.9 Å². The van der Waals surface area contributed by atoms with E-state index in [2.05, 4.69) is 0 Å². The van der Waals surface area contributed by atoms with Crippen molar-refractivity contribution in [3.8, 4) is 0 Å². The molecule has 1 rings (SSSR count). The smallest absolute Gasteiger partial charge is 0.0864 e. The summed E-state index contributed by atoms with van der Waals surface area (Å²) in [6.45, 7) is 2.93. The SMILES string of the molecule is CC(CO)SCC(O)COCc1ccccc1. The minimum atomic E-state index is -0.474. The lowest BCUT2D eigenvalue weighted by atomic mass is 10.2. The van der Waals surface area contributed by atoms with Crippen molar-refractivity contribution >= 4 is 11.8 Å². The molecule has 2 unspecified atom stereocenters. The van der Waals surface area contributed by atoms with Gasteiger partial charge in [0.1, 0.15) is 0 Å². The monoisotopic (exact) mass is 256 g/mol. The van der Waals surface area contributed by atoms with Crippen LogP contribution in [0.3, 0.4) is 0 Å². The predicted octanol–water partition coefficient (Wildman–Crippen LogP) is 1.68. The summed E-state index contributed by atoms with van der Waals surface area (Å²) in [5.74, 6) is 0.594. The number of thioether (sulfide) groups is 1. The Morgan fingerprint density at radius 3 is 2.65 bits per heavy atom. The van der Waals surface area contributed by atoms with Gasteiger partial charge in [-0.25, -0.2) is 0 Å². The van der Waals surface area contributed by atoms with E-state index in [9.17, 15) is 5.11 Å². The van der Waals surface area contributed by atoms with Crippen LogP contribution in [-0.4, -0.2) is 40.5 Å². The van der Waals surface area contributed by atoms with E-state index in [1.165, 1.54) is 0 Å². The number of ether oxygens (including phenoxy) is 1. The highest BCUT2D eigenvalue weighted by Gasteiger charge is 2.07. The molecule has 0 aliphatic heterocycles. The molecule has 17 heavy (non-hydrogen) atoms. The van der Waals surface area contributed by atoms with Crippen molar-refractivity contribution in [3.63, 3.8) is 0 Å². The van der Waals surface area contributed by atoms with Crippen LogP contribution in [0.15, 0.2) is 30.3 Å². The third kappa shape index (κ3) is 6.68. The third-order valence-corrected chi connectivity index (χ3v) is 3.55. The molecule has 0 bridgehead atoms. The summed E-state index contributed by atoms with van der Waals surface area (Å²) < 4.78 is 5.42. The normalized spacial score (nSPS) is 14.5. The first-order valence-electron chi connectivity index (χ1n) is 5.74. The molecule has 0 saturated carbocycles. The van der Waals surface area contributed by atoms with Crippen molar-refractivity contribution in [2.24, 2.45) is 0 Å². The van der Waals surface area contributed by atoms with Crippen LogP contribution < -0.4 is 0 Å². The van der Waals surface area contributed by atoms with Crippen LogP contribution in [0.1, 0.15) is 12.5 Å². The first-order chi connectivity index (χ1) is 8.22. The van der Waals surface area contributed by atoms with Gasteiger partial charge >= 0.3 is 0 Å². The van der Waals surface area contributed by atoms with Crippen LogP contribution in [0.5, 0.6) is 0 Å². The molecule has 0 aliphatic rings. The second-order valence-corrected chi connectivity index (χ2v) is 5.45. The zero-order chi connectivity index (χ0) is 12.5. The van der Waals surface area contributed by atoms with Crippen LogP contribution >= 0.6 is 11.8 Å². The van der Waals surface area contributed by atoms with Crippen molar-refractivity contribution in [1.82, 2.24) is 0 Å². The van der Waals surface area contributed by atoms with E-state index in [4.69, 9.17) is 9.84 Å². The summed E-state index contributed by atoms with van der Waals surface area (Å²) in [7, 11) is 0. The molecule has 2 atom stereocenters. The van der Waals surface area contributed by atoms with Crippen molar-refractivity contribution in [3.05, 3.63) is 35.9 Å². The Morgan fingerprint density at radius 2 is 2.00 bits per heavy atom. The quantitative estimate of drug-likeness (QED) is 0.743. The molecule has 0 spiro atoms. The summed E-state index contributed by atoms with van der Waals surface area (Å²) >= 11 is 1.55. The lowest BCUT2D eigenvalue weighted by Crippen LogP contribution is -2.20. The average Bonchev–Trinajstić information content (AvgIpc) is 2.37. The Hall–Kier alpha value is -0.550. The molecule has 1 aromatic carbocycles. The van der Waals surface area contributed by atoms with Crippen molar-refractivity contribution in [2.45, 2.75) is 24.9 Å². The van der Waals surface area contributed by atoms with Crippen LogP contribution in [0, 0.1) is 0 Å². The molecule has 96 valence electrons. The number of aliphatic hydroxyl groups is 2. The van der Waals surface area contributed by atoms with Crippen LogP contribution in [0.25, 0.3) is 0 Å². The van der Waals surface area contributed by atoms with Gasteiger partial charge in [0.05, 0.1) is 25.9 Å². The predicted molar refractivity (Wildman–Crippen MR) is 71.1 cm³/mol. The van der Waals surface area contributed by atoms with Gasteiger partial charge in [0, 0.05) is 11.0 Å². The molecule has 0 radical (unpaired) electrons. The molecular formula is C13H20O3S. The van der Waals surface area contributed by atoms with Crippen molar-refractivity contribution in [2.75, 3.05) is 19.0 Å². The van der Waals surface area contributed by atoms with Gasteiger partial charge in [0.15, 0.2) is 0 Å². The van der Waals surface area contributed by atoms with Gasteiger partial charge in [-0.2, -0.15) is 11.8 Å². The first-order valence-corrected chi connectivity index (χ1v) is 6.79. The standard InChI is InChI=1S/C13H20O3S/c1-11(7-14)17-10-13(15)9-16-8-12-5-3-2-4-6-12/h2-6,11,13-15H,7-10H2,1H3. The summed E-state index contributed by atoms with van der Waals surface area (Å²) in [6, 6.07) is 9.89. The van der Waals surface area contributed by atoms with Gasteiger partial charge in [-0.15, -0.1) is 0 Å². The van der Waals surface area contributed by atoms with E-state index < -0.39 is 6.10 Å². The fourth-order valence-corrected chi connectivity index (χ4v) is 2.02. The molecular weight excluding hydrogens is 236 g/mol. The zero-order valence-electron chi connectivity index (χ0n) is 10.1. The fourth-order valence-electron chi connectivity index (χ4n) is 1.26. The maximum Gasteiger partial charge on any atom is 0.0864 e. The molecule has 1 aromatic rings. The highest BCUT2D eigenvalue weighted by atomic mass is 32.2. The molecule has 0 amide bonds. The second kappa shape index (κ2) is 8.53. The first kappa shape index (κ1) is 14.5. The number of hydrogen-bond donors (Lipinski definition) is 2. The van der Waals surface area contributed by atoms with Gasteiger partial charge in [-0.3, -0.25) is 0 Å². The van der Waals surface area contributed by atoms with Gasteiger partial charge in [-0.05, 0) is 5.56 Å². The highest BCUT2D eigenvalue weighted by Crippen LogP contribution is 2.11. The lowest BCUT2D eigenvalue weighted by molar-refractivity contribution is 0.0397. The minimum absolute atomic E-state index is 0.141. The molecule has 4 heteroatoms. The number of aliphatic hydroxyl groups excluding tert-OH is 2. The largest absolute Gasteiger partial charge is 0.395 e. The lowest BCUT2D eigenvalue weighted by Gasteiger charge is -2.13. The Labute approximate surface area is 107 Å². The minimum Gasteiger partial charge on any atom is -0.395 e. The summed E-state index contributed by atoms with van der Waals surface area (Å²) in [5, 5.41) is 18.6. The molecule has 0 saturated heterocycles. The summed E-state index contributed by atoms with van der Waals surface area (Å²) in [6.07, 6.45) is -0.474. The van der Waals surface area contributed by atoms with Crippen molar-refractivity contribution < 1.29 is 14.9 Å².